The zero-order chi connectivity index (χ0) is 15.8. The Kier molecular flexibility index (Phi) is 4.68. The zero-order valence-corrected chi connectivity index (χ0v) is 14.4. The van der Waals surface area contributed by atoms with Crippen molar-refractivity contribution in [3.05, 3.63) is 56.0 Å². The van der Waals surface area contributed by atoms with Crippen LogP contribution in [0.1, 0.15) is 16.7 Å². The van der Waals surface area contributed by atoms with E-state index in [2.05, 4.69) is 31.9 Å². The maximum Gasteiger partial charge on any atom is 0.419 e. The molecule has 112 valence electrons. The van der Waals surface area contributed by atoms with Crippen LogP contribution in [0.3, 0.4) is 0 Å². The summed E-state index contributed by atoms with van der Waals surface area (Å²) < 4.78 is 45.9. The summed E-state index contributed by atoms with van der Waals surface area (Å²) in [6, 6.07) is 7.04. The Hall–Kier alpha value is -1.01. The van der Waals surface area contributed by atoms with E-state index in [1.165, 1.54) is 12.1 Å². The number of alkyl halides is 3. The molecule has 0 heterocycles. The van der Waals surface area contributed by atoms with Crippen LogP contribution in [0.15, 0.2) is 39.3 Å². The molecule has 0 radical (unpaired) electrons. The molecule has 0 spiro atoms. The second-order valence-electron chi connectivity index (χ2n) is 4.61. The Morgan fingerprint density at radius 2 is 1.52 bits per heavy atom. The summed E-state index contributed by atoms with van der Waals surface area (Å²) in [7, 11) is 0. The van der Waals surface area contributed by atoms with Crippen molar-refractivity contribution in [1.82, 2.24) is 0 Å². The number of benzene rings is 2. The fraction of sp³-hybridized carbons (Fsp3) is 0.200. The summed E-state index contributed by atoms with van der Waals surface area (Å²) in [4.78, 5) is 0. The van der Waals surface area contributed by atoms with Gasteiger partial charge in [-0.15, -0.1) is 0 Å². The van der Waals surface area contributed by atoms with Crippen LogP contribution in [0.2, 0.25) is 0 Å². The Bertz CT molecular complexity index is 658. The van der Waals surface area contributed by atoms with E-state index >= 15 is 0 Å². The van der Waals surface area contributed by atoms with Crippen molar-refractivity contribution in [2.75, 3.05) is 0 Å². The quantitative estimate of drug-likeness (QED) is 0.526. The number of hydrogen-bond donors (Lipinski definition) is 0. The van der Waals surface area contributed by atoms with Gasteiger partial charge in [0.2, 0.25) is 0 Å². The van der Waals surface area contributed by atoms with E-state index < -0.39 is 11.7 Å². The van der Waals surface area contributed by atoms with E-state index in [0.29, 0.717) is 10.2 Å². The van der Waals surface area contributed by atoms with Crippen molar-refractivity contribution >= 4 is 31.9 Å². The van der Waals surface area contributed by atoms with E-state index in [-0.39, 0.29) is 5.75 Å². The van der Waals surface area contributed by atoms with E-state index in [1.807, 2.05) is 13.8 Å². The smallest absolute Gasteiger partial charge is 0.419 e. The fourth-order valence-corrected chi connectivity index (χ4v) is 2.48. The standard InChI is InChI=1S/C15H11Br2F3O/c1-8-5-11(6-9(2)14(8)17)21-13-7-10(16)3-4-12(13)15(18,19)20/h3-7H,1-2H3. The van der Waals surface area contributed by atoms with Crippen LogP contribution >= 0.6 is 31.9 Å². The van der Waals surface area contributed by atoms with Crippen molar-refractivity contribution in [3.63, 3.8) is 0 Å². The molecule has 2 aromatic rings. The molecule has 0 aliphatic heterocycles. The van der Waals surface area contributed by atoms with Gasteiger partial charge in [0.15, 0.2) is 0 Å². The molecule has 0 atom stereocenters. The second-order valence-corrected chi connectivity index (χ2v) is 6.32. The highest BCUT2D eigenvalue weighted by Gasteiger charge is 2.34. The Balaban J connectivity index is 2.46. The summed E-state index contributed by atoms with van der Waals surface area (Å²) in [6.07, 6.45) is -4.46. The minimum Gasteiger partial charge on any atom is -0.457 e. The van der Waals surface area contributed by atoms with Crippen LogP contribution in [0.25, 0.3) is 0 Å². The average molecular weight is 424 g/mol. The summed E-state index contributed by atoms with van der Waals surface area (Å²) >= 11 is 6.58. The number of hydrogen-bond acceptors (Lipinski definition) is 1. The summed E-state index contributed by atoms with van der Waals surface area (Å²) in [5.41, 5.74) is 0.992. The molecule has 0 aromatic heterocycles. The van der Waals surface area contributed by atoms with E-state index in [1.54, 1.807) is 12.1 Å². The van der Waals surface area contributed by atoms with Gasteiger partial charge in [0, 0.05) is 8.95 Å². The van der Waals surface area contributed by atoms with Gasteiger partial charge >= 0.3 is 6.18 Å². The van der Waals surface area contributed by atoms with Crippen molar-refractivity contribution in [1.29, 1.82) is 0 Å². The van der Waals surface area contributed by atoms with Gasteiger partial charge in [0.25, 0.3) is 0 Å². The molecular formula is C15H11Br2F3O. The third-order valence-corrected chi connectivity index (χ3v) is 4.63. The lowest BCUT2D eigenvalue weighted by atomic mass is 10.1. The van der Waals surface area contributed by atoms with Gasteiger partial charge in [-0.3, -0.25) is 0 Å². The first-order chi connectivity index (χ1) is 9.68. The Morgan fingerprint density at radius 1 is 0.952 bits per heavy atom. The third-order valence-electron chi connectivity index (χ3n) is 2.89. The van der Waals surface area contributed by atoms with Crippen LogP contribution in [-0.2, 0) is 6.18 Å². The molecule has 0 bridgehead atoms. The van der Waals surface area contributed by atoms with Gasteiger partial charge in [-0.05, 0) is 55.3 Å². The summed E-state index contributed by atoms with van der Waals surface area (Å²) in [5.74, 6) is 0.148. The van der Waals surface area contributed by atoms with Gasteiger partial charge in [-0.1, -0.05) is 31.9 Å². The maximum atomic E-state index is 13.0. The lowest BCUT2D eigenvalue weighted by Crippen LogP contribution is -2.07. The number of ether oxygens (including phenoxy) is 1. The summed E-state index contributed by atoms with van der Waals surface area (Å²) in [6.45, 7) is 3.71. The van der Waals surface area contributed by atoms with Gasteiger partial charge in [-0.2, -0.15) is 13.2 Å². The van der Waals surface area contributed by atoms with Gasteiger partial charge in [0.1, 0.15) is 11.5 Å². The monoisotopic (exact) mass is 422 g/mol. The first-order valence-electron chi connectivity index (χ1n) is 6.00. The second kappa shape index (κ2) is 6.01. The molecule has 0 aliphatic rings. The predicted octanol–water partition coefficient (Wildman–Crippen LogP) is 6.64. The molecule has 0 saturated heterocycles. The molecule has 2 aromatic carbocycles. The lowest BCUT2D eigenvalue weighted by Gasteiger charge is -2.15. The Labute approximate surface area is 137 Å². The number of halogens is 5. The van der Waals surface area contributed by atoms with Crippen molar-refractivity contribution < 1.29 is 17.9 Å². The van der Waals surface area contributed by atoms with Gasteiger partial charge in [-0.25, -0.2) is 0 Å². The fourth-order valence-electron chi connectivity index (χ4n) is 1.91. The molecule has 0 unspecified atom stereocenters. The van der Waals surface area contributed by atoms with Gasteiger partial charge < -0.3 is 4.74 Å². The van der Waals surface area contributed by atoms with E-state index in [0.717, 1.165) is 21.7 Å². The van der Waals surface area contributed by atoms with Crippen LogP contribution < -0.4 is 4.74 Å². The highest BCUT2D eigenvalue weighted by atomic mass is 79.9. The third kappa shape index (κ3) is 3.80. The molecule has 0 saturated carbocycles. The zero-order valence-electron chi connectivity index (χ0n) is 11.2. The largest absolute Gasteiger partial charge is 0.457 e. The summed E-state index contributed by atoms with van der Waals surface area (Å²) in [5, 5.41) is 0. The first kappa shape index (κ1) is 16.4. The van der Waals surface area contributed by atoms with Crippen molar-refractivity contribution in [2.45, 2.75) is 20.0 Å². The molecule has 21 heavy (non-hydrogen) atoms. The first-order valence-corrected chi connectivity index (χ1v) is 7.58. The van der Waals surface area contributed by atoms with Crippen molar-refractivity contribution in [3.8, 4) is 11.5 Å². The minimum absolute atomic E-state index is 0.224. The molecule has 0 amide bonds. The average Bonchev–Trinajstić information content (AvgIpc) is 2.34. The van der Waals surface area contributed by atoms with Crippen LogP contribution in [0, 0.1) is 13.8 Å². The molecule has 0 aliphatic carbocycles. The topological polar surface area (TPSA) is 9.23 Å². The highest BCUT2D eigenvalue weighted by molar-refractivity contribution is 9.10. The minimum atomic E-state index is -4.46. The van der Waals surface area contributed by atoms with E-state index in [9.17, 15) is 13.2 Å². The SMILES string of the molecule is Cc1cc(Oc2cc(Br)ccc2C(F)(F)F)cc(C)c1Br. The lowest BCUT2D eigenvalue weighted by molar-refractivity contribution is -0.138. The molecule has 0 fully saturated rings. The molecule has 1 nitrogen and oxygen atoms in total. The number of rotatable bonds is 2. The number of aryl methyl sites for hydroxylation is 2. The van der Waals surface area contributed by atoms with Crippen LogP contribution in [-0.4, -0.2) is 0 Å². The maximum absolute atomic E-state index is 13.0. The van der Waals surface area contributed by atoms with Crippen LogP contribution in [0.4, 0.5) is 13.2 Å². The molecular weight excluding hydrogens is 413 g/mol. The highest BCUT2D eigenvalue weighted by Crippen LogP contribution is 2.40. The molecule has 2 rings (SSSR count). The van der Waals surface area contributed by atoms with Crippen molar-refractivity contribution in [2.24, 2.45) is 0 Å². The molecule has 0 N–H and O–H groups in total. The normalized spacial score (nSPS) is 11.6. The van der Waals surface area contributed by atoms with E-state index in [4.69, 9.17) is 4.74 Å². The Morgan fingerprint density at radius 3 is 2.05 bits per heavy atom. The molecule has 6 heteroatoms. The van der Waals surface area contributed by atoms with Gasteiger partial charge in [0.05, 0.1) is 5.56 Å². The predicted molar refractivity (Wildman–Crippen MR) is 82.8 cm³/mol. The van der Waals surface area contributed by atoms with Crippen LogP contribution in [0.5, 0.6) is 11.5 Å².